The molecule has 7 heteroatoms. The van der Waals surface area contributed by atoms with Gasteiger partial charge in [-0.25, -0.2) is 8.42 Å². The molecule has 0 bridgehead atoms. The molecule has 1 unspecified atom stereocenters. The monoisotopic (exact) mass is 319 g/mol. The molecule has 0 aliphatic carbocycles. The van der Waals surface area contributed by atoms with Crippen molar-refractivity contribution in [2.75, 3.05) is 18.1 Å². The minimum Gasteiger partial charge on any atom is -0.481 e. The van der Waals surface area contributed by atoms with Gasteiger partial charge in [-0.1, -0.05) is 26.7 Å². The summed E-state index contributed by atoms with van der Waals surface area (Å²) in [5.74, 6) is -1.59. The molecule has 6 nitrogen and oxygen atoms in total. The fourth-order valence-electron chi connectivity index (χ4n) is 2.87. The first kappa shape index (κ1) is 17.9. The van der Waals surface area contributed by atoms with Crippen molar-refractivity contribution < 1.29 is 23.1 Å². The summed E-state index contributed by atoms with van der Waals surface area (Å²) in [5.41, 5.74) is 0. The number of rotatable bonds is 7. The lowest BCUT2D eigenvalue weighted by Crippen LogP contribution is -2.53. The predicted octanol–water partition coefficient (Wildman–Crippen LogP) is 1.30. The fourth-order valence-corrected chi connectivity index (χ4v) is 4.40. The average Bonchev–Trinajstić information content (AvgIpc) is 2.36. The van der Waals surface area contributed by atoms with E-state index in [-0.39, 0.29) is 36.3 Å². The van der Waals surface area contributed by atoms with Crippen LogP contribution in [-0.4, -0.2) is 54.4 Å². The lowest BCUT2D eigenvalue weighted by atomic mass is 9.95. The number of carboxylic acid groups (broad SMARTS) is 1. The second-order valence-electron chi connectivity index (χ2n) is 5.67. The van der Waals surface area contributed by atoms with Crippen molar-refractivity contribution in [2.24, 2.45) is 5.92 Å². The summed E-state index contributed by atoms with van der Waals surface area (Å²) in [7, 11) is -3.25. The number of hydrogen-bond acceptors (Lipinski definition) is 4. The van der Waals surface area contributed by atoms with Gasteiger partial charge in [-0.3, -0.25) is 9.59 Å². The van der Waals surface area contributed by atoms with Gasteiger partial charge in [0, 0.05) is 12.5 Å². The van der Waals surface area contributed by atoms with Gasteiger partial charge in [0.2, 0.25) is 5.91 Å². The van der Waals surface area contributed by atoms with Gasteiger partial charge in [-0.2, -0.15) is 0 Å². The molecule has 21 heavy (non-hydrogen) atoms. The molecular weight excluding hydrogens is 294 g/mol. The summed E-state index contributed by atoms with van der Waals surface area (Å²) in [6.45, 7) is 4.12. The smallest absolute Gasteiger partial charge is 0.305 e. The van der Waals surface area contributed by atoms with Crippen LogP contribution in [0, 0.1) is 5.92 Å². The molecule has 1 aliphatic rings. The summed E-state index contributed by atoms with van der Waals surface area (Å²) in [5, 5.41) is 8.95. The third-order valence-electron chi connectivity index (χ3n) is 3.85. The van der Waals surface area contributed by atoms with Gasteiger partial charge >= 0.3 is 5.97 Å². The number of carboxylic acids is 1. The quantitative estimate of drug-likeness (QED) is 0.763. The maximum atomic E-state index is 12.6. The molecule has 122 valence electrons. The lowest BCUT2D eigenvalue weighted by Gasteiger charge is -2.37. The summed E-state index contributed by atoms with van der Waals surface area (Å²) >= 11 is 0. The lowest BCUT2D eigenvalue weighted by molar-refractivity contribution is -0.142. The van der Waals surface area contributed by atoms with Crippen LogP contribution in [0.2, 0.25) is 0 Å². The highest BCUT2D eigenvalue weighted by Gasteiger charge is 2.37. The van der Waals surface area contributed by atoms with Crippen LogP contribution in [0.15, 0.2) is 0 Å². The Morgan fingerprint density at radius 2 is 1.81 bits per heavy atom. The van der Waals surface area contributed by atoms with Crippen molar-refractivity contribution in [3.63, 3.8) is 0 Å². The maximum Gasteiger partial charge on any atom is 0.305 e. The first-order chi connectivity index (χ1) is 9.80. The molecule has 0 spiro atoms. The highest BCUT2D eigenvalue weighted by Crippen LogP contribution is 2.22. The van der Waals surface area contributed by atoms with Crippen LogP contribution in [0.25, 0.3) is 0 Å². The largest absolute Gasteiger partial charge is 0.481 e. The Morgan fingerprint density at radius 3 is 2.29 bits per heavy atom. The molecule has 0 saturated carbocycles. The zero-order chi connectivity index (χ0) is 16.0. The maximum absolute atomic E-state index is 12.6. The minimum atomic E-state index is -3.25. The number of amides is 1. The number of nitrogens with zero attached hydrogens (tertiary/aromatic N) is 1. The summed E-state index contributed by atoms with van der Waals surface area (Å²) in [6.07, 6.45) is 2.97. The van der Waals surface area contributed by atoms with Crippen molar-refractivity contribution in [2.45, 2.75) is 52.0 Å². The Kier molecular flexibility index (Phi) is 6.64. The van der Waals surface area contributed by atoms with E-state index < -0.39 is 21.8 Å². The van der Waals surface area contributed by atoms with E-state index in [1.54, 1.807) is 0 Å². The van der Waals surface area contributed by atoms with Crippen molar-refractivity contribution in [3.05, 3.63) is 0 Å². The molecule has 1 N–H and O–H groups in total. The summed E-state index contributed by atoms with van der Waals surface area (Å²) in [4.78, 5) is 25.0. The van der Waals surface area contributed by atoms with Gasteiger partial charge in [0.25, 0.3) is 0 Å². The molecule has 1 fully saturated rings. The van der Waals surface area contributed by atoms with Crippen LogP contribution in [0.5, 0.6) is 0 Å². The van der Waals surface area contributed by atoms with E-state index >= 15 is 0 Å². The first-order valence-corrected chi connectivity index (χ1v) is 9.35. The molecule has 1 atom stereocenters. The van der Waals surface area contributed by atoms with Crippen LogP contribution in [0.4, 0.5) is 0 Å². The molecule has 1 saturated heterocycles. The van der Waals surface area contributed by atoms with E-state index in [1.165, 1.54) is 4.90 Å². The van der Waals surface area contributed by atoms with Crippen molar-refractivity contribution in [1.82, 2.24) is 4.90 Å². The van der Waals surface area contributed by atoms with Crippen molar-refractivity contribution in [1.29, 1.82) is 0 Å². The molecule has 1 rings (SSSR count). The van der Waals surface area contributed by atoms with E-state index in [9.17, 15) is 18.0 Å². The fraction of sp³-hybridized carbons (Fsp3) is 0.857. The number of hydrogen-bond donors (Lipinski definition) is 1. The molecule has 0 aromatic carbocycles. The molecule has 0 aromatic rings. The van der Waals surface area contributed by atoms with E-state index in [0.717, 1.165) is 25.7 Å². The van der Waals surface area contributed by atoms with Gasteiger partial charge in [-0.05, 0) is 12.8 Å². The SMILES string of the molecule is CCCC(CCC)C(=O)N1CCS(=O)(=O)CC1CC(=O)O. The molecular formula is C14H25NO5S. The van der Waals surface area contributed by atoms with Crippen LogP contribution >= 0.6 is 0 Å². The molecule has 0 radical (unpaired) electrons. The van der Waals surface area contributed by atoms with Crippen LogP contribution in [0.1, 0.15) is 46.0 Å². The molecule has 1 heterocycles. The number of carbonyl (C=O) groups is 2. The van der Waals surface area contributed by atoms with Crippen molar-refractivity contribution >= 4 is 21.7 Å². The van der Waals surface area contributed by atoms with Crippen molar-refractivity contribution in [3.8, 4) is 0 Å². The Labute approximate surface area is 126 Å². The van der Waals surface area contributed by atoms with Gasteiger partial charge < -0.3 is 10.0 Å². The molecule has 0 aromatic heterocycles. The first-order valence-electron chi connectivity index (χ1n) is 7.53. The Bertz CT molecular complexity index is 468. The predicted molar refractivity (Wildman–Crippen MR) is 79.7 cm³/mol. The van der Waals surface area contributed by atoms with Gasteiger partial charge in [0.1, 0.15) is 0 Å². The molecule has 1 amide bonds. The zero-order valence-corrected chi connectivity index (χ0v) is 13.6. The average molecular weight is 319 g/mol. The summed E-state index contributed by atoms with van der Waals surface area (Å²) in [6, 6.07) is -0.732. The van der Waals surface area contributed by atoms with Crippen LogP contribution < -0.4 is 0 Å². The Hall–Kier alpha value is -1.11. The van der Waals surface area contributed by atoms with E-state index in [4.69, 9.17) is 5.11 Å². The third kappa shape index (κ3) is 5.30. The second-order valence-corrected chi connectivity index (χ2v) is 7.90. The van der Waals surface area contributed by atoms with E-state index in [2.05, 4.69) is 0 Å². The second kappa shape index (κ2) is 7.77. The highest BCUT2D eigenvalue weighted by atomic mass is 32.2. The minimum absolute atomic E-state index is 0.0696. The molecule has 1 aliphatic heterocycles. The topological polar surface area (TPSA) is 91.8 Å². The number of aliphatic carboxylic acids is 1. The van der Waals surface area contributed by atoms with Crippen LogP contribution in [0.3, 0.4) is 0 Å². The summed E-state index contributed by atoms with van der Waals surface area (Å²) < 4.78 is 23.4. The van der Waals surface area contributed by atoms with Gasteiger partial charge in [0.15, 0.2) is 9.84 Å². The van der Waals surface area contributed by atoms with E-state index in [0.29, 0.717) is 0 Å². The van der Waals surface area contributed by atoms with Crippen LogP contribution in [-0.2, 0) is 19.4 Å². The van der Waals surface area contributed by atoms with Gasteiger partial charge in [-0.15, -0.1) is 0 Å². The van der Waals surface area contributed by atoms with E-state index in [1.807, 2.05) is 13.8 Å². The standard InChI is InChI=1S/C14H25NO5S/c1-3-5-11(6-4-2)14(18)15-7-8-21(19,20)10-12(15)9-13(16)17/h11-12H,3-10H2,1-2H3,(H,16,17). The number of sulfone groups is 1. The highest BCUT2D eigenvalue weighted by molar-refractivity contribution is 7.91. The Balaban J connectivity index is 2.89. The number of carbonyl (C=O) groups excluding carboxylic acids is 1. The zero-order valence-electron chi connectivity index (χ0n) is 12.7. The third-order valence-corrected chi connectivity index (χ3v) is 5.54. The normalized spacial score (nSPS) is 21.5. The van der Waals surface area contributed by atoms with Gasteiger partial charge in [0.05, 0.1) is 24.0 Å². The Morgan fingerprint density at radius 1 is 1.24 bits per heavy atom.